The number of halogens is 2. The zero-order chi connectivity index (χ0) is 15.0. The van der Waals surface area contributed by atoms with Gasteiger partial charge in [-0.05, 0) is 18.2 Å². The number of pyridine rings is 1. The van der Waals surface area contributed by atoms with Crippen LogP contribution in [0.4, 0.5) is 8.78 Å². The Hall–Kier alpha value is -2.54. The molecule has 3 aromatic rings. The summed E-state index contributed by atoms with van der Waals surface area (Å²) in [4.78, 5) is 15.5. The van der Waals surface area contributed by atoms with E-state index in [-0.39, 0.29) is 11.5 Å². The molecule has 0 spiro atoms. The summed E-state index contributed by atoms with van der Waals surface area (Å²) in [5.74, 6) is -2.69. The maximum absolute atomic E-state index is 13.6. The van der Waals surface area contributed by atoms with Crippen LogP contribution in [0.3, 0.4) is 0 Å². The molecule has 0 saturated heterocycles. The van der Waals surface area contributed by atoms with E-state index in [9.17, 15) is 13.6 Å². The molecular formula is C14H8F2N2O2S. The lowest BCUT2D eigenvalue weighted by Gasteiger charge is -2.07. The third-order valence-corrected chi connectivity index (χ3v) is 3.87. The molecule has 0 radical (unpaired) electrons. The highest BCUT2D eigenvalue weighted by molar-refractivity contribution is 7.20. The summed E-state index contributed by atoms with van der Waals surface area (Å²) < 4.78 is 32.8. The van der Waals surface area contributed by atoms with Gasteiger partial charge in [-0.25, -0.2) is 4.39 Å². The average molecular weight is 306 g/mol. The SMILES string of the molecule is NC(=O)c1cc2c(Oc3cccc(F)c3F)cncc2s1. The fourth-order valence-corrected chi connectivity index (χ4v) is 2.72. The van der Waals surface area contributed by atoms with E-state index < -0.39 is 17.5 Å². The smallest absolute Gasteiger partial charge is 0.258 e. The summed E-state index contributed by atoms with van der Waals surface area (Å²) in [6, 6.07) is 5.18. The molecular weight excluding hydrogens is 298 g/mol. The van der Waals surface area contributed by atoms with Crippen LogP contribution >= 0.6 is 11.3 Å². The molecule has 4 nitrogen and oxygen atoms in total. The minimum Gasteiger partial charge on any atom is -0.452 e. The lowest BCUT2D eigenvalue weighted by molar-refractivity contribution is 0.100. The van der Waals surface area contributed by atoms with Crippen molar-refractivity contribution in [2.24, 2.45) is 5.73 Å². The van der Waals surface area contributed by atoms with E-state index in [4.69, 9.17) is 10.5 Å². The van der Waals surface area contributed by atoms with Crippen LogP contribution in [0.2, 0.25) is 0 Å². The molecule has 21 heavy (non-hydrogen) atoms. The van der Waals surface area contributed by atoms with Crippen molar-refractivity contribution in [1.29, 1.82) is 0 Å². The van der Waals surface area contributed by atoms with E-state index in [2.05, 4.69) is 4.98 Å². The van der Waals surface area contributed by atoms with Crippen LogP contribution < -0.4 is 10.5 Å². The van der Waals surface area contributed by atoms with Crippen molar-refractivity contribution in [3.63, 3.8) is 0 Å². The van der Waals surface area contributed by atoms with Crippen molar-refractivity contribution >= 4 is 27.3 Å². The van der Waals surface area contributed by atoms with Crippen molar-refractivity contribution < 1.29 is 18.3 Å². The van der Waals surface area contributed by atoms with Gasteiger partial charge in [0.25, 0.3) is 5.91 Å². The van der Waals surface area contributed by atoms with Gasteiger partial charge in [0.2, 0.25) is 5.82 Å². The molecule has 3 rings (SSSR count). The number of amides is 1. The molecule has 1 amide bonds. The molecule has 1 aromatic carbocycles. The molecule has 0 aliphatic heterocycles. The summed E-state index contributed by atoms with van der Waals surface area (Å²) in [6.45, 7) is 0. The van der Waals surface area contributed by atoms with Gasteiger partial charge in [0.1, 0.15) is 0 Å². The number of nitrogens with zero attached hydrogens (tertiary/aromatic N) is 1. The number of hydrogen-bond acceptors (Lipinski definition) is 4. The third-order valence-electron chi connectivity index (χ3n) is 2.79. The first-order chi connectivity index (χ1) is 10.1. The van der Waals surface area contributed by atoms with Crippen molar-refractivity contribution in [2.45, 2.75) is 0 Å². The first-order valence-corrected chi connectivity index (χ1v) is 6.67. The Bertz CT molecular complexity index is 848. The van der Waals surface area contributed by atoms with Gasteiger partial charge in [0, 0.05) is 11.6 Å². The number of thiophene rings is 1. The van der Waals surface area contributed by atoms with Gasteiger partial charge in [0.05, 0.1) is 15.8 Å². The molecule has 0 bridgehead atoms. The van der Waals surface area contributed by atoms with Crippen LogP contribution in [0.25, 0.3) is 10.1 Å². The number of carbonyl (C=O) groups is 1. The molecule has 2 aromatic heterocycles. The molecule has 2 heterocycles. The highest BCUT2D eigenvalue weighted by atomic mass is 32.1. The maximum atomic E-state index is 13.6. The van der Waals surface area contributed by atoms with Crippen molar-refractivity contribution in [1.82, 2.24) is 4.98 Å². The minimum absolute atomic E-state index is 0.223. The molecule has 0 unspecified atom stereocenters. The van der Waals surface area contributed by atoms with E-state index >= 15 is 0 Å². The molecule has 2 N–H and O–H groups in total. The topological polar surface area (TPSA) is 65.2 Å². The second-order valence-corrected chi connectivity index (χ2v) is 5.26. The highest BCUT2D eigenvalue weighted by Crippen LogP contribution is 2.35. The van der Waals surface area contributed by atoms with E-state index in [1.165, 1.54) is 24.4 Å². The number of benzene rings is 1. The predicted molar refractivity (Wildman–Crippen MR) is 74.6 cm³/mol. The van der Waals surface area contributed by atoms with Crippen LogP contribution in [0.5, 0.6) is 11.5 Å². The normalized spacial score (nSPS) is 10.8. The molecule has 106 valence electrons. The quantitative estimate of drug-likeness (QED) is 0.806. The first kappa shape index (κ1) is 13.4. The number of fused-ring (bicyclic) bond motifs is 1. The lowest BCUT2D eigenvalue weighted by Crippen LogP contribution is -2.08. The van der Waals surface area contributed by atoms with Gasteiger partial charge in [-0.3, -0.25) is 9.78 Å². The molecule has 0 saturated carbocycles. The van der Waals surface area contributed by atoms with Crippen LogP contribution in [0.15, 0.2) is 36.7 Å². The number of nitrogens with two attached hydrogens (primary N) is 1. The fraction of sp³-hybridized carbons (Fsp3) is 0. The molecule has 0 aliphatic rings. The van der Waals surface area contributed by atoms with Gasteiger partial charge in [0.15, 0.2) is 17.3 Å². The Kier molecular flexibility index (Phi) is 3.26. The Morgan fingerprint density at radius 1 is 1.24 bits per heavy atom. The number of rotatable bonds is 3. The highest BCUT2D eigenvalue weighted by Gasteiger charge is 2.14. The molecule has 7 heteroatoms. The Morgan fingerprint density at radius 3 is 2.81 bits per heavy atom. The van der Waals surface area contributed by atoms with Crippen LogP contribution in [-0.4, -0.2) is 10.9 Å². The third kappa shape index (κ3) is 2.43. The van der Waals surface area contributed by atoms with E-state index in [0.717, 1.165) is 17.4 Å². The summed E-state index contributed by atoms with van der Waals surface area (Å²) in [5.41, 5.74) is 5.22. The Balaban J connectivity index is 2.08. The Labute approximate surface area is 121 Å². The van der Waals surface area contributed by atoms with Crippen molar-refractivity contribution in [2.75, 3.05) is 0 Å². The molecule has 0 atom stereocenters. The first-order valence-electron chi connectivity index (χ1n) is 5.85. The summed E-state index contributed by atoms with van der Waals surface area (Å²) in [7, 11) is 0. The zero-order valence-electron chi connectivity index (χ0n) is 10.5. The van der Waals surface area contributed by atoms with Crippen LogP contribution in [0.1, 0.15) is 9.67 Å². The fourth-order valence-electron chi connectivity index (χ4n) is 1.82. The molecule has 0 fully saturated rings. The lowest BCUT2D eigenvalue weighted by atomic mass is 10.2. The van der Waals surface area contributed by atoms with Gasteiger partial charge in [-0.15, -0.1) is 11.3 Å². The Morgan fingerprint density at radius 2 is 2.05 bits per heavy atom. The number of ether oxygens (including phenoxy) is 1. The maximum Gasteiger partial charge on any atom is 0.258 e. The number of hydrogen-bond donors (Lipinski definition) is 1. The molecule has 0 aliphatic carbocycles. The summed E-state index contributed by atoms with van der Waals surface area (Å²) in [5, 5.41) is 0.562. The van der Waals surface area contributed by atoms with Gasteiger partial charge >= 0.3 is 0 Å². The monoisotopic (exact) mass is 306 g/mol. The second kappa shape index (κ2) is 5.10. The van der Waals surface area contributed by atoms with Crippen molar-refractivity contribution in [3.05, 3.63) is 53.2 Å². The standard InChI is InChI=1S/C14H8F2N2O2S/c15-8-2-1-3-9(13(8)16)20-10-5-18-6-12-7(10)4-11(21-12)14(17)19/h1-6H,(H2,17,19). The zero-order valence-corrected chi connectivity index (χ0v) is 11.3. The van der Waals surface area contributed by atoms with Gasteiger partial charge in [-0.1, -0.05) is 6.07 Å². The van der Waals surface area contributed by atoms with E-state index in [1.807, 2.05) is 0 Å². The van der Waals surface area contributed by atoms with Crippen LogP contribution in [0, 0.1) is 11.6 Å². The van der Waals surface area contributed by atoms with Gasteiger partial charge < -0.3 is 10.5 Å². The predicted octanol–water partition coefficient (Wildman–Crippen LogP) is 3.47. The van der Waals surface area contributed by atoms with E-state index in [0.29, 0.717) is 15.0 Å². The average Bonchev–Trinajstić information content (AvgIpc) is 2.89. The largest absolute Gasteiger partial charge is 0.452 e. The van der Waals surface area contributed by atoms with Gasteiger partial charge in [-0.2, -0.15) is 4.39 Å². The summed E-state index contributed by atoms with van der Waals surface area (Å²) >= 11 is 1.15. The van der Waals surface area contributed by atoms with Crippen molar-refractivity contribution in [3.8, 4) is 11.5 Å². The van der Waals surface area contributed by atoms with Crippen LogP contribution in [-0.2, 0) is 0 Å². The van der Waals surface area contributed by atoms with E-state index in [1.54, 1.807) is 6.20 Å². The minimum atomic E-state index is -1.08. The summed E-state index contributed by atoms with van der Waals surface area (Å²) in [6.07, 6.45) is 2.91. The number of carbonyl (C=O) groups excluding carboxylic acids is 1. The number of aromatic nitrogens is 1. The second-order valence-electron chi connectivity index (χ2n) is 4.18. The number of primary amides is 1.